The highest BCUT2D eigenvalue weighted by molar-refractivity contribution is 8.00. The summed E-state index contributed by atoms with van der Waals surface area (Å²) < 4.78 is 6.01. The molecule has 260 valence electrons. The summed E-state index contributed by atoms with van der Waals surface area (Å²) in [6.07, 6.45) is 0.816. The Labute approximate surface area is 305 Å². The molecule has 0 aliphatic carbocycles. The van der Waals surface area contributed by atoms with Crippen LogP contribution in [0.2, 0.25) is 0 Å². The van der Waals surface area contributed by atoms with Crippen LogP contribution >= 0.6 is 23.4 Å². The van der Waals surface area contributed by atoms with Crippen molar-refractivity contribution in [3.05, 3.63) is 131 Å². The van der Waals surface area contributed by atoms with Crippen molar-refractivity contribution in [2.24, 2.45) is 0 Å². The van der Waals surface area contributed by atoms with E-state index in [9.17, 15) is 24.0 Å². The molecule has 2 aliphatic rings. The van der Waals surface area contributed by atoms with Crippen molar-refractivity contribution in [2.45, 2.75) is 30.2 Å². The van der Waals surface area contributed by atoms with Gasteiger partial charge in [-0.2, -0.15) is 0 Å². The Morgan fingerprint density at radius 3 is 2.20 bits per heavy atom. The van der Waals surface area contributed by atoms with Gasteiger partial charge in [-0.3, -0.25) is 34.2 Å². The Kier molecular flexibility index (Phi) is 11.3. The fraction of sp³-hybridized carbons (Fsp3) is 0.225. The van der Waals surface area contributed by atoms with Gasteiger partial charge in [-0.15, -0.1) is 23.4 Å². The van der Waals surface area contributed by atoms with Crippen LogP contribution in [0.1, 0.15) is 56.7 Å². The van der Waals surface area contributed by atoms with E-state index in [-0.39, 0.29) is 42.2 Å². The number of carbonyl (C=O) groups is 5. The number of likely N-dealkylation sites (N-methyl/N-ethyl adjacent to an activating group) is 1. The average molecular weight is 722 g/mol. The third-order valence-corrected chi connectivity index (χ3v) is 10.1. The summed E-state index contributed by atoms with van der Waals surface area (Å²) in [5.41, 5.74) is 5.86. The highest BCUT2D eigenvalue weighted by Crippen LogP contribution is 2.36. The summed E-state index contributed by atoms with van der Waals surface area (Å²) in [7, 11) is 1.68. The standard InChI is InChI=1S/C40H36ClN3O6S/c1-43(35(46)25-51-33-14-8-13-31-37(33)40(49)44(39(31)48)32-19-20-34(45)42-38(32)47)23-24-50-29-17-15-28(16-18-29)36(27-11-6-3-7-12-27)30(21-22-41)26-9-4-2-5-10-26/h2-18,32H,19-25H2,1H3,(H,42,45,47). The molecule has 0 spiro atoms. The SMILES string of the molecule is CN(CCOc1ccc(C(=C(CCCl)c2ccccc2)c2ccccc2)cc1)C(=O)CSc1cccc2c1C(=O)N(C1CCC(=O)NC1=O)C2=O. The molecule has 1 N–H and O–H groups in total. The first-order valence-electron chi connectivity index (χ1n) is 16.6. The molecule has 1 fully saturated rings. The molecular formula is C40H36ClN3O6S. The third-order valence-electron chi connectivity index (χ3n) is 8.88. The van der Waals surface area contributed by atoms with E-state index in [0.29, 0.717) is 29.5 Å². The van der Waals surface area contributed by atoms with Crippen LogP contribution in [0.4, 0.5) is 0 Å². The first kappa shape index (κ1) is 35.6. The number of amides is 5. The van der Waals surface area contributed by atoms with Crippen LogP contribution in [0.15, 0.2) is 108 Å². The van der Waals surface area contributed by atoms with Crippen molar-refractivity contribution in [1.29, 1.82) is 0 Å². The number of imide groups is 2. The molecule has 9 nitrogen and oxygen atoms in total. The molecule has 0 aromatic heterocycles. The second-order valence-electron chi connectivity index (χ2n) is 12.1. The van der Waals surface area contributed by atoms with E-state index in [1.165, 1.54) is 6.07 Å². The van der Waals surface area contributed by atoms with Gasteiger partial charge in [0, 0.05) is 24.2 Å². The van der Waals surface area contributed by atoms with Gasteiger partial charge in [-0.1, -0.05) is 78.9 Å². The van der Waals surface area contributed by atoms with E-state index in [0.717, 1.165) is 44.5 Å². The van der Waals surface area contributed by atoms with Crippen molar-refractivity contribution in [2.75, 3.05) is 31.8 Å². The molecule has 2 heterocycles. The summed E-state index contributed by atoms with van der Waals surface area (Å²) in [4.78, 5) is 66.6. The molecule has 4 aromatic rings. The number of nitrogens with one attached hydrogen (secondary N) is 1. The Morgan fingerprint density at radius 1 is 0.863 bits per heavy atom. The minimum absolute atomic E-state index is 0.0299. The van der Waals surface area contributed by atoms with E-state index >= 15 is 0 Å². The van der Waals surface area contributed by atoms with Crippen molar-refractivity contribution in [3.8, 4) is 5.75 Å². The molecule has 2 aliphatic heterocycles. The lowest BCUT2D eigenvalue weighted by Gasteiger charge is -2.27. The first-order valence-corrected chi connectivity index (χ1v) is 18.1. The lowest BCUT2D eigenvalue weighted by Crippen LogP contribution is -2.54. The number of allylic oxidation sites excluding steroid dienone is 1. The van der Waals surface area contributed by atoms with Crippen molar-refractivity contribution < 1.29 is 28.7 Å². The van der Waals surface area contributed by atoms with Crippen LogP contribution < -0.4 is 10.1 Å². The number of hydrogen-bond acceptors (Lipinski definition) is 7. The highest BCUT2D eigenvalue weighted by atomic mass is 35.5. The Balaban J connectivity index is 1.07. The lowest BCUT2D eigenvalue weighted by molar-refractivity contribution is -0.136. The molecule has 11 heteroatoms. The van der Waals surface area contributed by atoms with Gasteiger partial charge in [-0.05, 0) is 64.9 Å². The molecule has 1 atom stereocenters. The van der Waals surface area contributed by atoms with Gasteiger partial charge in [0.1, 0.15) is 18.4 Å². The molecule has 0 radical (unpaired) electrons. The maximum Gasteiger partial charge on any atom is 0.263 e. The number of thioether (sulfide) groups is 1. The number of fused-ring (bicyclic) bond motifs is 1. The molecule has 0 bridgehead atoms. The lowest BCUT2D eigenvalue weighted by atomic mass is 9.88. The number of benzene rings is 4. The Hall–Kier alpha value is -5.19. The number of nitrogens with zero attached hydrogens (tertiary/aromatic N) is 2. The van der Waals surface area contributed by atoms with Crippen LogP contribution in [0.5, 0.6) is 5.75 Å². The van der Waals surface area contributed by atoms with Gasteiger partial charge >= 0.3 is 0 Å². The molecule has 4 aromatic carbocycles. The fourth-order valence-electron chi connectivity index (χ4n) is 6.26. The van der Waals surface area contributed by atoms with Gasteiger partial charge < -0.3 is 9.64 Å². The minimum atomic E-state index is -1.05. The fourth-order valence-corrected chi connectivity index (χ4v) is 7.47. The van der Waals surface area contributed by atoms with Gasteiger partial charge in [0.2, 0.25) is 17.7 Å². The minimum Gasteiger partial charge on any atom is -0.492 e. The largest absolute Gasteiger partial charge is 0.492 e. The van der Waals surface area contributed by atoms with Crippen molar-refractivity contribution in [3.63, 3.8) is 0 Å². The van der Waals surface area contributed by atoms with Gasteiger partial charge in [0.05, 0.1) is 23.4 Å². The predicted molar refractivity (Wildman–Crippen MR) is 198 cm³/mol. The molecule has 5 amide bonds. The monoisotopic (exact) mass is 721 g/mol. The summed E-state index contributed by atoms with van der Waals surface area (Å²) in [6, 6.07) is 32.2. The maximum atomic E-state index is 13.4. The summed E-state index contributed by atoms with van der Waals surface area (Å²) in [5, 5.41) is 2.20. The zero-order valence-corrected chi connectivity index (χ0v) is 29.5. The maximum absolute atomic E-state index is 13.4. The normalized spacial score (nSPS) is 16.0. The summed E-state index contributed by atoms with van der Waals surface area (Å²) >= 11 is 7.44. The van der Waals surface area contributed by atoms with Crippen LogP contribution in [-0.2, 0) is 14.4 Å². The number of hydrogen-bond donors (Lipinski definition) is 1. The zero-order valence-electron chi connectivity index (χ0n) is 28.0. The Bertz CT molecular complexity index is 1980. The quantitative estimate of drug-likeness (QED) is 0.0746. The molecule has 51 heavy (non-hydrogen) atoms. The van der Waals surface area contributed by atoms with E-state index in [1.54, 1.807) is 24.1 Å². The second kappa shape index (κ2) is 16.2. The Morgan fingerprint density at radius 2 is 1.53 bits per heavy atom. The number of halogens is 1. The predicted octanol–water partition coefficient (Wildman–Crippen LogP) is 6.31. The summed E-state index contributed by atoms with van der Waals surface area (Å²) in [5.74, 6) is -1.28. The number of rotatable bonds is 13. The third kappa shape index (κ3) is 7.92. The number of piperidine rings is 1. The van der Waals surface area contributed by atoms with Gasteiger partial charge in [-0.25, -0.2) is 0 Å². The molecule has 6 rings (SSSR count). The van der Waals surface area contributed by atoms with E-state index in [2.05, 4.69) is 29.6 Å². The summed E-state index contributed by atoms with van der Waals surface area (Å²) in [6.45, 7) is 0.599. The van der Waals surface area contributed by atoms with Crippen molar-refractivity contribution >= 4 is 64.0 Å². The van der Waals surface area contributed by atoms with E-state index in [4.69, 9.17) is 16.3 Å². The molecule has 1 saturated heterocycles. The number of carbonyl (C=O) groups excluding carboxylic acids is 5. The topological polar surface area (TPSA) is 113 Å². The van der Waals surface area contributed by atoms with Crippen LogP contribution in [0.25, 0.3) is 11.1 Å². The van der Waals surface area contributed by atoms with E-state index < -0.39 is 29.7 Å². The molecular weight excluding hydrogens is 686 g/mol. The van der Waals surface area contributed by atoms with Crippen LogP contribution in [0.3, 0.4) is 0 Å². The van der Waals surface area contributed by atoms with Gasteiger partial charge in [0.15, 0.2) is 0 Å². The van der Waals surface area contributed by atoms with Gasteiger partial charge in [0.25, 0.3) is 11.8 Å². The highest BCUT2D eigenvalue weighted by Gasteiger charge is 2.45. The smallest absolute Gasteiger partial charge is 0.263 e. The van der Waals surface area contributed by atoms with E-state index in [1.807, 2.05) is 60.7 Å². The number of ether oxygens (including phenoxy) is 1. The van der Waals surface area contributed by atoms with Crippen molar-refractivity contribution in [1.82, 2.24) is 15.1 Å². The zero-order chi connectivity index (χ0) is 35.9. The average Bonchev–Trinajstić information content (AvgIpc) is 3.40. The molecule has 0 saturated carbocycles. The van der Waals surface area contributed by atoms with Crippen LogP contribution in [0, 0.1) is 0 Å². The molecule has 1 unspecified atom stereocenters. The number of alkyl halides is 1. The second-order valence-corrected chi connectivity index (χ2v) is 13.5. The van der Waals surface area contributed by atoms with Crippen LogP contribution in [-0.4, -0.2) is 77.2 Å². The first-order chi connectivity index (χ1) is 24.8.